The Hall–Kier alpha value is -1.40. The highest BCUT2D eigenvalue weighted by Gasteiger charge is 2.20. The van der Waals surface area contributed by atoms with Gasteiger partial charge in [-0.15, -0.1) is 0 Å². The zero-order chi connectivity index (χ0) is 11.6. The Morgan fingerprint density at radius 1 is 1.53 bits per heavy atom. The summed E-state index contributed by atoms with van der Waals surface area (Å²) in [5.41, 5.74) is -0.731. The molecule has 0 amide bonds. The van der Waals surface area contributed by atoms with Gasteiger partial charge in [-0.1, -0.05) is 0 Å². The highest BCUT2D eigenvalue weighted by Crippen LogP contribution is 2.15. The van der Waals surface area contributed by atoms with Gasteiger partial charge in [-0.05, 0) is 6.92 Å². The molecule has 84 valence electrons. The third kappa shape index (κ3) is 2.16. The van der Waals surface area contributed by atoms with Gasteiger partial charge in [0.2, 0.25) is 0 Å². The molecule has 0 bridgehead atoms. The Morgan fingerprint density at radius 2 is 2.13 bits per heavy atom. The maximum absolute atomic E-state index is 11.6. The summed E-state index contributed by atoms with van der Waals surface area (Å²) in [5.74, 6) is 0. The quantitative estimate of drug-likeness (QED) is 0.686. The highest BCUT2D eigenvalue weighted by atomic mass is 16.5. The molecule has 1 heterocycles. The average molecular weight is 214 g/mol. The first-order chi connectivity index (χ1) is 6.99. The Morgan fingerprint density at radius 3 is 2.60 bits per heavy atom. The van der Waals surface area contributed by atoms with E-state index in [0.717, 1.165) is 4.57 Å². The molecule has 6 nitrogen and oxygen atoms in total. The molecule has 0 saturated heterocycles. The Labute approximate surface area is 86.1 Å². The van der Waals surface area contributed by atoms with E-state index in [9.17, 15) is 14.7 Å². The molecule has 1 rings (SSSR count). The van der Waals surface area contributed by atoms with E-state index < -0.39 is 23.5 Å². The van der Waals surface area contributed by atoms with Crippen LogP contribution in [-0.4, -0.2) is 27.9 Å². The lowest BCUT2D eigenvalue weighted by atomic mass is 10.1. The van der Waals surface area contributed by atoms with Crippen LogP contribution >= 0.6 is 0 Å². The molecule has 0 saturated carbocycles. The molecule has 2 unspecified atom stereocenters. The van der Waals surface area contributed by atoms with Gasteiger partial charge in [0.05, 0.1) is 11.7 Å². The van der Waals surface area contributed by atoms with Crippen LogP contribution in [0.25, 0.3) is 0 Å². The van der Waals surface area contributed by atoms with E-state index in [1.165, 1.54) is 27.3 Å². The zero-order valence-electron chi connectivity index (χ0n) is 8.85. The van der Waals surface area contributed by atoms with Crippen molar-refractivity contribution in [1.82, 2.24) is 9.55 Å². The molecule has 2 N–H and O–H groups in total. The van der Waals surface area contributed by atoms with Crippen molar-refractivity contribution in [3.8, 4) is 0 Å². The molecule has 0 aliphatic carbocycles. The smallest absolute Gasteiger partial charge is 0.328 e. The lowest BCUT2D eigenvalue weighted by molar-refractivity contribution is -0.00479. The topological polar surface area (TPSA) is 84.3 Å². The highest BCUT2D eigenvalue weighted by molar-refractivity contribution is 5.10. The Balaban J connectivity index is 3.32. The normalized spacial score (nSPS) is 14.9. The van der Waals surface area contributed by atoms with Crippen molar-refractivity contribution in [3.05, 3.63) is 32.6 Å². The number of rotatable bonds is 3. The van der Waals surface area contributed by atoms with Gasteiger partial charge in [-0.3, -0.25) is 9.36 Å². The number of ether oxygens (including phenoxy) is 1. The van der Waals surface area contributed by atoms with Gasteiger partial charge in [-0.25, -0.2) is 4.79 Å². The number of hydrogen-bond acceptors (Lipinski definition) is 4. The average Bonchev–Trinajstić information content (AvgIpc) is 2.18. The number of nitrogens with zero attached hydrogens (tertiary/aromatic N) is 1. The number of aliphatic hydroxyl groups is 1. The van der Waals surface area contributed by atoms with Crippen LogP contribution in [0.15, 0.2) is 15.8 Å². The van der Waals surface area contributed by atoms with Crippen molar-refractivity contribution in [1.29, 1.82) is 0 Å². The lowest BCUT2D eigenvalue weighted by Crippen LogP contribution is -2.37. The molecule has 1 aromatic heterocycles. The minimum absolute atomic E-state index is 0.231. The van der Waals surface area contributed by atoms with Crippen LogP contribution < -0.4 is 11.2 Å². The fourth-order valence-corrected chi connectivity index (χ4v) is 1.37. The van der Waals surface area contributed by atoms with E-state index in [2.05, 4.69) is 4.98 Å². The summed E-state index contributed by atoms with van der Waals surface area (Å²) in [5, 5.41) is 9.39. The van der Waals surface area contributed by atoms with E-state index in [-0.39, 0.29) is 5.56 Å². The van der Waals surface area contributed by atoms with Gasteiger partial charge in [-0.2, -0.15) is 0 Å². The minimum Gasteiger partial charge on any atom is -0.390 e. The second kappa shape index (κ2) is 4.41. The van der Waals surface area contributed by atoms with E-state index in [4.69, 9.17) is 4.74 Å². The summed E-state index contributed by atoms with van der Waals surface area (Å²) in [6.07, 6.45) is -0.292. The standard InChI is InChI=1S/C9H14N2O4/c1-5(12)7(15-3)6-4-10-9(14)11(2)8(6)13/h4-5,7,12H,1-3H3,(H,10,14). The Bertz CT molecular complexity index is 446. The van der Waals surface area contributed by atoms with Crippen LogP contribution in [-0.2, 0) is 11.8 Å². The summed E-state index contributed by atoms with van der Waals surface area (Å²) >= 11 is 0. The number of methoxy groups -OCH3 is 1. The van der Waals surface area contributed by atoms with Crippen LogP contribution in [0.5, 0.6) is 0 Å². The molecule has 15 heavy (non-hydrogen) atoms. The van der Waals surface area contributed by atoms with Crippen molar-refractivity contribution in [2.75, 3.05) is 7.11 Å². The molecule has 0 fully saturated rings. The maximum Gasteiger partial charge on any atom is 0.328 e. The molecular formula is C9H14N2O4. The number of H-pyrrole nitrogens is 1. The predicted octanol–water partition coefficient (Wildman–Crippen LogP) is -0.858. The summed E-state index contributed by atoms with van der Waals surface area (Å²) in [4.78, 5) is 25.1. The minimum atomic E-state index is -0.825. The monoisotopic (exact) mass is 214 g/mol. The summed E-state index contributed by atoms with van der Waals surface area (Å²) < 4.78 is 5.92. The van der Waals surface area contributed by atoms with Gasteiger partial charge < -0.3 is 14.8 Å². The fourth-order valence-electron chi connectivity index (χ4n) is 1.37. The molecular weight excluding hydrogens is 200 g/mol. The van der Waals surface area contributed by atoms with Crippen LogP contribution in [0.2, 0.25) is 0 Å². The van der Waals surface area contributed by atoms with Crippen molar-refractivity contribution >= 4 is 0 Å². The van der Waals surface area contributed by atoms with Crippen molar-refractivity contribution in [3.63, 3.8) is 0 Å². The molecule has 0 radical (unpaired) electrons. The van der Waals surface area contributed by atoms with E-state index in [1.54, 1.807) is 0 Å². The molecule has 6 heteroatoms. The molecule has 2 atom stereocenters. The second-order valence-electron chi connectivity index (χ2n) is 3.31. The molecule has 0 spiro atoms. The molecule has 0 aliphatic rings. The van der Waals surface area contributed by atoms with E-state index in [1.807, 2.05) is 0 Å². The van der Waals surface area contributed by atoms with Gasteiger partial charge in [0.15, 0.2) is 0 Å². The van der Waals surface area contributed by atoms with Crippen molar-refractivity contribution < 1.29 is 9.84 Å². The zero-order valence-corrected chi connectivity index (χ0v) is 8.85. The number of aromatic amines is 1. The third-order valence-corrected chi connectivity index (χ3v) is 2.21. The fraction of sp³-hybridized carbons (Fsp3) is 0.556. The first kappa shape index (κ1) is 11.7. The molecule has 1 aromatic rings. The van der Waals surface area contributed by atoms with E-state index >= 15 is 0 Å². The molecule has 0 aromatic carbocycles. The van der Waals surface area contributed by atoms with Crippen LogP contribution in [0.1, 0.15) is 18.6 Å². The van der Waals surface area contributed by atoms with Crippen LogP contribution in [0, 0.1) is 0 Å². The van der Waals surface area contributed by atoms with Gasteiger partial charge >= 0.3 is 5.69 Å². The largest absolute Gasteiger partial charge is 0.390 e. The first-order valence-electron chi connectivity index (χ1n) is 4.48. The lowest BCUT2D eigenvalue weighted by Gasteiger charge is -2.17. The SMILES string of the molecule is COC(c1c[nH]c(=O)n(C)c1=O)C(C)O. The first-order valence-corrected chi connectivity index (χ1v) is 4.48. The third-order valence-electron chi connectivity index (χ3n) is 2.21. The van der Waals surface area contributed by atoms with Gasteiger partial charge in [0, 0.05) is 20.4 Å². The van der Waals surface area contributed by atoms with Gasteiger partial charge in [0.25, 0.3) is 5.56 Å². The van der Waals surface area contributed by atoms with Gasteiger partial charge in [0.1, 0.15) is 6.10 Å². The Kier molecular flexibility index (Phi) is 3.43. The van der Waals surface area contributed by atoms with Crippen molar-refractivity contribution in [2.24, 2.45) is 7.05 Å². The van der Waals surface area contributed by atoms with E-state index in [0.29, 0.717) is 0 Å². The number of aromatic nitrogens is 2. The number of aliphatic hydroxyl groups excluding tert-OH is 1. The summed E-state index contributed by atoms with van der Waals surface area (Å²) in [7, 11) is 2.75. The summed E-state index contributed by atoms with van der Waals surface area (Å²) in [6, 6.07) is 0. The number of nitrogens with one attached hydrogen (secondary N) is 1. The number of hydrogen-bond donors (Lipinski definition) is 2. The van der Waals surface area contributed by atoms with Crippen LogP contribution in [0.4, 0.5) is 0 Å². The predicted molar refractivity (Wildman–Crippen MR) is 53.7 cm³/mol. The second-order valence-corrected chi connectivity index (χ2v) is 3.31. The van der Waals surface area contributed by atoms with Crippen LogP contribution in [0.3, 0.4) is 0 Å². The molecule has 0 aliphatic heterocycles. The summed E-state index contributed by atoms with van der Waals surface area (Å²) in [6.45, 7) is 1.51. The maximum atomic E-state index is 11.6. The van der Waals surface area contributed by atoms with Crippen molar-refractivity contribution in [2.45, 2.75) is 19.1 Å².